The number of carbonyl (C=O) groups excluding carboxylic acids is 1. The van der Waals surface area contributed by atoms with Gasteiger partial charge in [0.25, 0.3) is 0 Å². The van der Waals surface area contributed by atoms with E-state index in [1.807, 2.05) is 0 Å². The van der Waals surface area contributed by atoms with Gasteiger partial charge in [-0.3, -0.25) is 10.0 Å². The van der Waals surface area contributed by atoms with Gasteiger partial charge in [-0.05, 0) is 12.8 Å². The van der Waals surface area contributed by atoms with Gasteiger partial charge in [-0.15, -0.1) is 0 Å². The standard InChI is InChI=1S/C8H12F3NO2/c9-8(10,11)7(13)12(14)6-4-2-1-3-5-6/h6,14H,1-5H2. The third-order valence-corrected chi connectivity index (χ3v) is 2.37. The van der Waals surface area contributed by atoms with Crippen LogP contribution in [0.3, 0.4) is 0 Å². The molecule has 1 N–H and O–H groups in total. The van der Waals surface area contributed by atoms with Crippen molar-refractivity contribution in [3.05, 3.63) is 0 Å². The number of hydrogen-bond acceptors (Lipinski definition) is 2. The van der Waals surface area contributed by atoms with Crippen molar-refractivity contribution in [1.29, 1.82) is 0 Å². The average Bonchev–Trinajstić information content (AvgIpc) is 2.15. The first-order valence-electron chi connectivity index (χ1n) is 4.52. The minimum absolute atomic E-state index is 0.154. The molecular weight excluding hydrogens is 199 g/mol. The predicted molar refractivity (Wildman–Crippen MR) is 41.6 cm³/mol. The second-order valence-corrected chi connectivity index (χ2v) is 3.44. The molecule has 0 saturated heterocycles. The number of nitrogens with zero attached hydrogens (tertiary/aromatic N) is 1. The molecule has 0 spiro atoms. The topological polar surface area (TPSA) is 40.5 Å². The lowest BCUT2D eigenvalue weighted by Gasteiger charge is -2.29. The zero-order valence-corrected chi connectivity index (χ0v) is 7.55. The molecule has 82 valence electrons. The fourth-order valence-corrected chi connectivity index (χ4v) is 1.62. The molecule has 1 aliphatic carbocycles. The fraction of sp³-hybridized carbons (Fsp3) is 0.875. The van der Waals surface area contributed by atoms with Crippen LogP contribution in [-0.4, -0.2) is 28.4 Å². The van der Waals surface area contributed by atoms with Crippen molar-refractivity contribution >= 4 is 5.91 Å². The van der Waals surface area contributed by atoms with Crippen molar-refractivity contribution < 1.29 is 23.2 Å². The molecule has 0 aliphatic heterocycles. The van der Waals surface area contributed by atoms with Crippen LogP contribution in [0, 0.1) is 0 Å². The summed E-state index contributed by atoms with van der Waals surface area (Å²) in [6.07, 6.45) is -1.63. The van der Waals surface area contributed by atoms with Crippen molar-refractivity contribution in [2.24, 2.45) is 0 Å². The van der Waals surface area contributed by atoms with E-state index in [1.54, 1.807) is 0 Å². The number of alkyl halides is 3. The molecule has 0 bridgehead atoms. The van der Waals surface area contributed by atoms with Crippen LogP contribution in [0.25, 0.3) is 0 Å². The second kappa shape index (κ2) is 4.16. The summed E-state index contributed by atoms with van der Waals surface area (Å²) in [7, 11) is 0. The Morgan fingerprint density at radius 1 is 1.21 bits per heavy atom. The Bertz CT molecular complexity index is 211. The van der Waals surface area contributed by atoms with E-state index in [0.717, 1.165) is 19.3 Å². The molecule has 0 radical (unpaired) electrons. The highest BCUT2D eigenvalue weighted by atomic mass is 19.4. The van der Waals surface area contributed by atoms with Crippen LogP contribution in [0.4, 0.5) is 13.2 Å². The molecule has 3 nitrogen and oxygen atoms in total. The summed E-state index contributed by atoms with van der Waals surface area (Å²) >= 11 is 0. The molecule has 0 aromatic heterocycles. The van der Waals surface area contributed by atoms with Crippen molar-refractivity contribution in [2.75, 3.05) is 0 Å². The third kappa shape index (κ3) is 2.60. The van der Waals surface area contributed by atoms with Crippen molar-refractivity contribution in [2.45, 2.75) is 44.3 Å². The first-order chi connectivity index (χ1) is 6.43. The lowest BCUT2D eigenvalue weighted by molar-refractivity contribution is -0.225. The zero-order valence-electron chi connectivity index (χ0n) is 7.55. The van der Waals surface area contributed by atoms with Gasteiger partial charge in [0.1, 0.15) is 0 Å². The Hall–Kier alpha value is -0.780. The summed E-state index contributed by atoms with van der Waals surface area (Å²) in [6.45, 7) is 0. The maximum Gasteiger partial charge on any atom is 0.473 e. The third-order valence-electron chi connectivity index (χ3n) is 2.37. The molecule has 0 atom stereocenters. The Kier molecular flexibility index (Phi) is 3.36. The number of hydrogen-bond donors (Lipinski definition) is 1. The molecule has 0 unspecified atom stereocenters. The number of carbonyl (C=O) groups is 1. The number of rotatable bonds is 1. The highest BCUT2D eigenvalue weighted by molar-refractivity contribution is 5.81. The normalized spacial score (nSPS) is 19.4. The van der Waals surface area contributed by atoms with E-state index in [4.69, 9.17) is 5.21 Å². The monoisotopic (exact) mass is 211 g/mol. The Morgan fingerprint density at radius 2 is 1.71 bits per heavy atom. The average molecular weight is 211 g/mol. The molecule has 0 heterocycles. The molecule has 1 amide bonds. The maximum atomic E-state index is 11.9. The largest absolute Gasteiger partial charge is 0.473 e. The van der Waals surface area contributed by atoms with E-state index >= 15 is 0 Å². The van der Waals surface area contributed by atoms with Gasteiger partial charge in [0.15, 0.2) is 0 Å². The van der Waals surface area contributed by atoms with Gasteiger partial charge in [0, 0.05) is 0 Å². The van der Waals surface area contributed by atoms with E-state index in [1.165, 1.54) is 0 Å². The molecule has 0 aromatic carbocycles. The zero-order chi connectivity index (χ0) is 10.8. The fourth-order valence-electron chi connectivity index (χ4n) is 1.62. The van der Waals surface area contributed by atoms with E-state index in [2.05, 4.69) is 0 Å². The lowest BCUT2D eigenvalue weighted by atomic mass is 9.95. The van der Waals surface area contributed by atoms with Crippen LogP contribution < -0.4 is 0 Å². The van der Waals surface area contributed by atoms with Gasteiger partial charge in [0.2, 0.25) is 0 Å². The molecule has 14 heavy (non-hydrogen) atoms. The van der Waals surface area contributed by atoms with E-state index in [9.17, 15) is 18.0 Å². The Labute approximate surface area is 79.5 Å². The molecule has 1 saturated carbocycles. The minimum Gasteiger partial charge on any atom is -0.285 e. The molecule has 1 aliphatic rings. The molecule has 1 rings (SSSR count). The molecule has 1 fully saturated rings. The second-order valence-electron chi connectivity index (χ2n) is 3.44. The van der Waals surface area contributed by atoms with Crippen LogP contribution >= 0.6 is 0 Å². The van der Waals surface area contributed by atoms with E-state index in [0.29, 0.717) is 12.8 Å². The Balaban J connectivity index is 2.55. The summed E-state index contributed by atoms with van der Waals surface area (Å²) in [5, 5.41) is 8.89. The van der Waals surface area contributed by atoms with Crippen LogP contribution in [0.2, 0.25) is 0 Å². The van der Waals surface area contributed by atoms with Gasteiger partial charge < -0.3 is 0 Å². The maximum absolute atomic E-state index is 11.9. The highest BCUT2D eigenvalue weighted by Crippen LogP contribution is 2.25. The van der Waals surface area contributed by atoms with Gasteiger partial charge in [-0.2, -0.15) is 13.2 Å². The van der Waals surface area contributed by atoms with Crippen molar-refractivity contribution in [1.82, 2.24) is 5.06 Å². The highest BCUT2D eigenvalue weighted by Gasteiger charge is 2.44. The van der Waals surface area contributed by atoms with E-state index in [-0.39, 0.29) is 5.06 Å². The summed E-state index contributed by atoms with van der Waals surface area (Å²) in [5.41, 5.74) is 0. The van der Waals surface area contributed by atoms with Gasteiger partial charge in [0.05, 0.1) is 6.04 Å². The van der Waals surface area contributed by atoms with E-state index < -0.39 is 18.1 Å². The van der Waals surface area contributed by atoms with Crippen LogP contribution in [0.5, 0.6) is 0 Å². The molecule has 6 heteroatoms. The SMILES string of the molecule is O=C(N(O)C1CCCCC1)C(F)(F)F. The van der Waals surface area contributed by atoms with Crippen LogP contribution in [-0.2, 0) is 4.79 Å². The summed E-state index contributed by atoms with van der Waals surface area (Å²) in [5.74, 6) is -2.16. The van der Waals surface area contributed by atoms with Gasteiger partial charge in [-0.25, -0.2) is 5.06 Å². The quantitative estimate of drug-likeness (QED) is 0.533. The van der Waals surface area contributed by atoms with Gasteiger partial charge >= 0.3 is 12.1 Å². The first-order valence-corrected chi connectivity index (χ1v) is 4.52. The predicted octanol–water partition coefficient (Wildman–Crippen LogP) is 2.10. The minimum atomic E-state index is -4.98. The number of halogens is 3. The lowest BCUT2D eigenvalue weighted by Crippen LogP contribution is -2.45. The summed E-state index contributed by atoms with van der Waals surface area (Å²) in [4.78, 5) is 10.6. The molecular formula is C8H12F3NO2. The summed E-state index contributed by atoms with van der Waals surface area (Å²) < 4.78 is 35.7. The number of hydroxylamine groups is 2. The first kappa shape index (κ1) is 11.3. The van der Waals surface area contributed by atoms with Crippen molar-refractivity contribution in [3.63, 3.8) is 0 Å². The van der Waals surface area contributed by atoms with Crippen LogP contribution in [0.15, 0.2) is 0 Å². The Morgan fingerprint density at radius 3 is 2.14 bits per heavy atom. The smallest absolute Gasteiger partial charge is 0.285 e. The number of amides is 1. The van der Waals surface area contributed by atoms with Gasteiger partial charge in [-0.1, -0.05) is 19.3 Å². The molecule has 0 aromatic rings. The summed E-state index contributed by atoms with van der Waals surface area (Å²) in [6, 6.07) is -0.669. The van der Waals surface area contributed by atoms with Crippen molar-refractivity contribution in [3.8, 4) is 0 Å². The van der Waals surface area contributed by atoms with Crippen LogP contribution in [0.1, 0.15) is 32.1 Å².